The normalized spacial score (nSPS) is 25.0. The van der Waals surface area contributed by atoms with Gasteiger partial charge < -0.3 is 4.90 Å². The number of hydrogen-bond donors (Lipinski definition) is 0. The van der Waals surface area contributed by atoms with E-state index in [9.17, 15) is 0 Å². The average molecular weight is 263 g/mol. The van der Waals surface area contributed by atoms with Crippen molar-refractivity contribution in [2.24, 2.45) is 0 Å². The standard InChI is InChI=1S/C16H25NS/c1-2-10-17(11-3-1)12-5-7-14-6-4-8-16-15(14)9-13-18-16/h9,13-14H,1-8,10-12H2/t14-/m0/s1. The van der Waals surface area contributed by atoms with E-state index in [0.717, 1.165) is 5.92 Å². The molecule has 1 aliphatic heterocycles. The molecule has 1 aromatic rings. The van der Waals surface area contributed by atoms with E-state index in [-0.39, 0.29) is 0 Å². The molecule has 2 aliphatic rings. The molecule has 2 heterocycles. The molecule has 2 heteroatoms. The fourth-order valence-corrected chi connectivity index (χ4v) is 4.64. The fraction of sp³-hybridized carbons (Fsp3) is 0.750. The van der Waals surface area contributed by atoms with Crippen LogP contribution in [0, 0.1) is 0 Å². The smallest absolute Gasteiger partial charge is 0.00800 e. The van der Waals surface area contributed by atoms with Gasteiger partial charge in [-0.05, 0) is 87.5 Å². The zero-order valence-electron chi connectivity index (χ0n) is 11.4. The first-order valence-corrected chi connectivity index (χ1v) is 8.60. The molecular weight excluding hydrogens is 238 g/mol. The van der Waals surface area contributed by atoms with E-state index < -0.39 is 0 Å². The highest BCUT2D eigenvalue weighted by molar-refractivity contribution is 7.10. The van der Waals surface area contributed by atoms with Gasteiger partial charge in [0, 0.05) is 4.88 Å². The van der Waals surface area contributed by atoms with Crippen LogP contribution in [0.15, 0.2) is 11.4 Å². The van der Waals surface area contributed by atoms with Crippen molar-refractivity contribution in [3.05, 3.63) is 21.9 Å². The van der Waals surface area contributed by atoms with E-state index in [0.29, 0.717) is 0 Å². The van der Waals surface area contributed by atoms with Crippen molar-refractivity contribution in [1.82, 2.24) is 4.90 Å². The number of likely N-dealkylation sites (tertiary alicyclic amines) is 1. The predicted octanol–water partition coefficient (Wildman–Crippen LogP) is 4.43. The lowest BCUT2D eigenvalue weighted by Crippen LogP contribution is -2.30. The summed E-state index contributed by atoms with van der Waals surface area (Å²) in [4.78, 5) is 4.37. The van der Waals surface area contributed by atoms with Crippen LogP contribution in [0.1, 0.15) is 61.3 Å². The van der Waals surface area contributed by atoms with Gasteiger partial charge in [0.2, 0.25) is 0 Å². The monoisotopic (exact) mass is 263 g/mol. The zero-order valence-corrected chi connectivity index (χ0v) is 12.2. The Balaban J connectivity index is 1.46. The number of hydrogen-bond acceptors (Lipinski definition) is 2. The molecule has 1 saturated heterocycles. The van der Waals surface area contributed by atoms with Crippen LogP contribution in [0.4, 0.5) is 0 Å². The molecule has 0 N–H and O–H groups in total. The Kier molecular flexibility index (Phi) is 4.37. The van der Waals surface area contributed by atoms with E-state index in [1.54, 1.807) is 10.4 Å². The SMILES string of the molecule is c1cc2c(s1)CCC[C@H]2CCCN1CCCCC1. The maximum absolute atomic E-state index is 2.68. The molecule has 18 heavy (non-hydrogen) atoms. The Morgan fingerprint density at radius 3 is 2.94 bits per heavy atom. The number of aryl methyl sites for hydroxylation is 1. The summed E-state index contributed by atoms with van der Waals surface area (Å²) in [5.41, 5.74) is 1.70. The lowest BCUT2D eigenvalue weighted by atomic mass is 9.84. The summed E-state index contributed by atoms with van der Waals surface area (Å²) in [5, 5.41) is 2.30. The van der Waals surface area contributed by atoms with Gasteiger partial charge in [0.25, 0.3) is 0 Å². The highest BCUT2D eigenvalue weighted by Gasteiger charge is 2.21. The molecule has 0 saturated carbocycles. The Labute approximate surface area is 115 Å². The predicted molar refractivity (Wildman–Crippen MR) is 79.5 cm³/mol. The summed E-state index contributed by atoms with van der Waals surface area (Å²) >= 11 is 1.98. The molecule has 1 aliphatic carbocycles. The summed E-state index contributed by atoms with van der Waals surface area (Å²) in [5.74, 6) is 0.879. The second-order valence-corrected chi connectivity index (χ2v) is 6.93. The number of nitrogens with zero attached hydrogens (tertiary/aromatic N) is 1. The molecule has 0 bridgehead atoms. The molecular formula is C16H25NS. The van der Waals surface area contributed by atoms with Gasteiger partial charge in [0.1, 0.15) is 0 Å². The second-order valence-electron chi connectivity index (χ2n) is 5.93. The first-order chi connectivity index (χ1) is 8.93. The maximum atomic E-state index is 2.68. The van der Waals surface area contributed by atoms with Gasteiger partial charge in [-0.2, -0.15) is 0 Å². The van der Waals surface area contributed by atoms with Crippen molar-refractivity contribution in [2.45, 2.75) is 57.3 Å². The highest BCUT2D eigenvalue weighted by Crippen LogP contribution is 2.37. The third-order valence-corrected chi connectivity index (χ3v) is 5.65. The van der Waals surface area contributed by atoms with Crippen molar-refractivity contribution < 1.29 is 0 Å². The van der Waals surface area contributed by atoms with Gasteiger partial charge in [0.15, 0.2) is 0 Å². The van der Waals surface area contributed by atoms with Crippen LogP contribution in [0.25, 0.3) is 0 Å². The number of fused-ring (bicyclic) bond motifs is 1. The molecule has 1 nitrogen and oxygen atoms in total. The van der Waals surface area contributed by atoms with Crippen molar-refractivity contribution >= 4 is 11.3 Å². The summed E-state index contributed by atoms with van der Waals surface area (Å²) < 4.78 is 0. The largest absolute Gasteiger partial charge is 0.303 e. The van der Waals surface area contributed by atoms with Crippen LogP contribution in [0.5, 0.6) is 0 Å². The van der Waals surface area contributed by atoms with Gasteiger partial charge in [-0.1, -0.05) is 6.42 Å². The Morgan fingerprint density at radius 1 is 1.17 bits per heavy atom. The van der Waals surface area contributed by atoms with E-state index in [1.807, 2.05) is 11.3 Å². The highest BCUT2D eigenvalue weighted by atomic mass is 32.1. The molecule has 1 atom stereocenters. The molecule has 3 rings (SSSR count). The van der Waals surface area contributed by atoms with Crippen LogP contribution in [-0.2, 0) is 6.42 Å². The number of rotatable bonds is 4. The zero-order chi connectivity index (χ0) is 12.2. The van der Waals surface area contributed by atoms with Crippen LogP contribution in [0.2, 0.25) is 0 Å². The Bertz CT molecular complexity index is 365. The van der Waals surface area contributed by atoms with E-state index in [4.69, 9.17) is 0 Å². The molecule has 1 aromatic heterocycles. The quantitative estimate of drug-likeness (QED) is 0.776. The van der Waals surface area contributed by atoms with E-state index >= 15 is 0 Å². The molecule has 0 radical (unpaired) electrons. The van der Waals surface area contributed by atoms with Crippen LogP contribution < -0.4 is 0 Å². The average Bonchev–Trinajstić information content (AvgIpc) is 2.89. The topological polar surface area (TPSA) is 3.24 Å². The third-order valence-electron chi connectivity index (χ3n) is 4.65. The minimum Gasteiger partial charge on any atom is -0.303 e. The van der Waals surface area contributed by atoms with E-state index in [1.165, 1.54) is 71.0 Å². The summed E-state index contributed by atoms with van der Waals surface area (Å²) in [6, 6.07) is 2.39. The Hall–Kier alpha value is -0.340. The second kappa shape index (κ2) is 6.21. The van der Waals surface area contributed by atoms with Crippen LogP contribution in [-0.4, -0.2) is 24.5 Å². The van der Waals surface area contributed by atoms with Crippen LogP contribution in [0.3, 0.4) is 0 Å². The lowest BCUT2D eigenvalue weighted by molar-refractivity contribution is 0.222. The van der Waals surface area contributed by atoms with Gasteiger partial charge in [0.05, 0.1) is 0 Å². The fourth-order valence-electron chi connectivity index (χ4n) is 3.63. The van der Waals surface area contributed by atoms with Crippen molar-refractivity contribution in [3.63, 3.8) is 0 Å². The number of piperidine rings is 1. The molecule has 0 unspecified atom stereocenters. The molecule has 0 spiro atoms. The molecule has 0 aromatic carbocycles. The Morgan fingerprint density at radius 2 is 2.06 bits per heavy atom. The van der Waals surface area contributed by atoms with Gasteiger partial charge in [-0.3, -0.25) is 0 Å². The van der Waals surface area contributed by atoms with Crippen LogP contribution >= 0.6 is 11.3 Å². The summed E-state index contributed by atoms with van der Waals surface area (Å²) in [6.45, 7) is 4.05. The molecule has 100 valence electrons. The minimum absolute atomic E-state index is 0.879. The maximum Gasteiger partial charge on any atom is 0.00800 e. The lowest BCUT2D eigenvalue weighted by Gasteiger charge is -2.28. The van der Waals surface area contributed by atoms with Gasteiger partial charge in [-0.25, -0.2) is 0 Å². The first-order valence-electron chi connectivity index (χ1n) is 7.72. The number of thiophene rings is 1. The third kappa shape index (κ3) is 2.97. The molecule has 1 fully saturated rings. The minimum atomic E-state index is 0.879. The van der Waals surface area contributed by atoms with Crippen molar-refractivity contribution in [3.8, 4) is 0 Å². The van der Waals surface area contributed by atoms with Crippen molar-refractivity contribution in [2.75, 3.05) is 19.6 Å². The van der Waals surface area contributed by atoms with Gasteiger partial charge in [-0.15, -0.1) is 11.3 Å². The summed E-state index contributed by atoms with van der Waals surface area (Å²) in [6.07, 6.45) is 11.3. The first kappa shape index (κ1) is 12.7. The van der Waals surface area contributed by atoms with E-state index in [2.05, 4.69) is 16.3 Å². The molecule has 0 amide bonds. The summed E-state index contributed by atoms with van der Waals surface area (Å²) in [7, 11) is 0. The van der Waals surface area contributed by atoms with Gasteiger partial charge >= 0.3 is 0 Å². The van der Waals surface area contributed by atoms with Crippen molar-refractivity contribution in [1.29, 1.82) is 0 Å².